The average Bonchev–Trinajstić information content (AvgIpc) is 3.27. The predicted molar refractivity (Wildman–Crippen MR) is 121 cm³/mol. The normalized spacial score (nSPS) is 15.5. The summed E-state index contributed by atoms with van der Waals surface area (Å²) in [5.41, 5.74) is 1.65. The number of halogens is 2. The molecule has 1 unspecified atom stereocenters. The highest BCUT2D eigenvalue weighted by Crippen LogP contribution is 2.30. The third kappa shape index (κ3) is 5.72. The number of benzene rings is 1. The van der Waals surface area contributed by atoms with Crippen LogP contribution in [0.25, 0.3) is 11.5 Å². The Morgan fingerprint density at radius 2 is 2.03 bits per heavy atom. The molecule has 3 aromatic rings. The van der Waals surface area contributed by atoms with E-state index in [1.54, 1.807) is 13.3 Å². The lowest BCUT2D eigenvalue weighted by Crippen LogP contribution is -2.48. The van der Waals surface area contributed by atoms with Gasteiger partial charge in [0.2, 0.25) is 17.6 Å². The number of amides is 1. The van der Waals surface area contributed by atoms with Gasteiger partial charge in [-0.15, -0.1) is 24.8 Å². The third-order valence-electron chi connectivity index (χ3n) is 4.98. The second kappa shape index (κ2) is 11.6. The topological polar surface area (TPSA) is 93.4 Å². The van der Waals surface area contributed by atoms with Crippen molar-refractivity contribution in [2.45, 2.75) is 18.9 Å². The largest absolute Gasteiger partial charge is 0.496 e. The van der Waals surface area contributed by atoms with Gasteiger partial charge in [0.05, 0.1) is 13.2 Å². The summed E-state index contributed by atoms with van der Waals surface area (Å²) in [4.78, 5) is 23.5. The van der Waals surface area contributed by atoms with Crippen LogP contribution in [0.1, 0.15) is 23.9 Å². The van der Waals surface area contributed by atoms with Crippen LogP contribution < -0.4 is 10.1 Å². The van der Waals surface area contributed by atoms with Crippen molar-refractivity contribution in [3.8, 4) is 17.3 Å². The van der Waals surface area contributed by atoms with E-state index < -0.39 is 0 Å². The summed E-state index contributed by atoms with van der Waals surface area (Å²) >= 11 is 0. The molecule has 1 aromatic carbocycles. The first-order valence-corrected chi connectivity index (χ1v) is 9.63. The molecule has 1 amide bonds. The summed E-state index contributed by atoms with van der Waals surface area (Å²) in [7, 11) is 1.65. The lowest BCUT2D eigenvalue weighted by molar-refractivity contribution is -0.134. The fraction of sp³-hybridized carbons (Fsp3) is 0.333. The van der Waals surface area contributed by atoms with Crippen molar-refractivity contribution in [2.24, 2.45) is 0 Å². The van der Waals surface area contributed by atoms with Crippen LogP contribution in [0.5, 0.6) is 5.75 Å². The number of nitrogens with one attached hydrogen (secondary N) is 1. The minimum Gasteiger partial charge on any atom is -0.496 e. The number of aryl methyl sites for hydroxylation is 1. The smallest absolute Gasteiger partial charge is 0.227 e. The van der Waals surface area contributed by atoms with E-state index in [0.717, 1.165) is 17.9 Å². The van der Waals surface area contributed by atoms with Crippen LogP contribution in [0.3, 0.4) is 0 Å². The monoisotopic (exact) mass is 465 g/mol. The molecule has 1 aliphatic heterocycles. The van der Waals surface area contributed by atoms with E-state index in [4.69, 9.17) is 9.26 Å². The minimum atomic E-state index is -0.0702. The average molecular weight is 466 g/mol. The van der Waals surface area contributed by atoms with Gasteiger partial charge in [-0.2, -0.15) is 4.98 Å². The fourth-order valence-corrected chi connectivity index (χ4v) is 3.54. The van der Waals surface area contributed by atoms with Crippen molar-refractivity contribution in [3.05, 3.63) is 60.1 Å². The van der Waals surface area contributed by atoms with Gasteiger partial charge in [-0.1, -0.05) is 29.4 Å². The Labute approximate surface area is 193 Å². The fourth-order valence-electron chi connectivity index (χ4n) is 3.54. The summed E-state index contributed by atoms with van der Waals surface area (Å²) in [5, 5.41) is 7.33. The number of hydrogen-bond donors (Lipinski definition) is 1. The van der Waals surface area contributed by atoms with Crippen molar-refractivity contribution < 1.29 is 14.1 Å². The molecule has 1 atom stereocenters. The predicted octanol–water partition coefficient (Wildman–Crippen LogP) is 3.09. The molecule has 10 heteroatoms. The quantitative estimate of drug-likeness (QED) is 0.597. The van der Waals surface area contributed by atoms with Gasteiger partial charge in [0.15, 0.2) is 0 Å². The Morgan fingerprint density at radius 1 is 1.23 bits per heavy atom. The van der Waals surface area contributed by atoms with Crippen LogP contribution >= 0.6 is 24.8 Å². The number of hydrogen-bond acceptors (Lipinski definition) is 7. The van der Waals surface area contributed by atoms with E-state index in [1.165, 1.54) is 0 Å². The highest BCUT2D eigenvalue weighted by molar-refractivity contribution is 5.85. The van der Waals surface area contributed by atoms with Gasteiger partial charge in [0.25, 0.3) is 0 Å². The van der Waals surface area contributed by atoms with Gasteiger partial charge in [-0.3, -0.25) is 9.78 Å². The van der Waals surface area contributed by atoms with Crippen molar-refractivity contribution in [3.63, 3.8) is 0 Å². The number of aromatic nitrogens is 3. The number of ether oxygens (including phenoxy) is 1. The van der Waals surface area contributed by atoms with Crippen molar-refractivity contribution in [2.75, 3.05) is 26.7 Å². The number of carbonyl (C=O) groups is 1. The molecular formula is C21H25Cl2N5O3. The standard InChI is InChI=1S/C21H23N5O3.2ClH/c1-28-18-8-3-2-6-15(18)17-14-22-12-13-26(17)20(27)10-9-19-24-21(25-29-19)16-7-4-5-11-23-16;;/h2-8,11,17,22H,9-10,12-14H2,1H3;2*1H. The minimum absolute atomic E-state index is 0. The number of nitrogens with zero attached hydrogens (tertiary/aromatic N) is 4. The molecule has 8 nitrogen and oxygen atoms in total. The lowest BCUT2D eigenvalue weighted by atomic mass is 10.0. The van der Waals surface area contributed by atoms with Crippen LogP contribution in [0, 0.1) is 0 Å². The Hall–Kier alpha value is -2.68. The number of para-hydroxylation sites is 1. The first-order valence-electron chi connectivity index (χ1n) is 9.63. The summed E-state index contributed by atoms with van der Waals surface area (Å²) in [5.74, 6) is 1.71. The number of methoxy groups -OCH3 is 1. The van der Waals surface area contributed by atoms with Crippen LogP contribution in [0.4, 0.5) is 0 Å². The van der Waals surface area contributed by atoms with Crippen LogP contribution in [0.15, 0.2) is 53.2 Å². The molecule has 166 valence electrons. The maximum Gasteiger partial charge on any atom is 0.227 e. The zero-order valence-electron chi connectivity index (χ0n) is 17.1. The lowest BCUT2D eigenvalue weighted by Gasteiger charge is -2.37. The van der Waals surface area contributed by atoms with Crippen LogP contribution in [0.2, 0.25) is 0 Å². The molecule has 3 heterocycles. The molecule has 0 spiro atoms. The van der Waals surface area contributed by atoms with E-state index in [1.807, 2.05) is 47.4 Å². The second-order valence-corrected chi connectivity index (χ2v) is 6.78. The van der Waals surface area contributed by atoms with E-state index in [2.05, 4.69) is 20.4 Å². The Balaban J connectivity index is 0.00000171. The molecule has 4 rings (SSSR count). The molecule has 0 radical (unpaired) electrons. The molecular weight excluding hydrogens is 441 g/mol. The van der Waals surface area contributed by atoms with Gasteiger partial charge in [-0.05, 0) is 18.2 Å². The highest BCUT2D eigenvalue weighted by atomic mass is 35.5. The Morgan fingerprint density at radius 3 is 2.81 bits per heavy atom. The number of carbonyl (C=O) groups excluding carboxylic acids is 1. The van der Waals surface area contributed by atoms with Crippen molar-refractivity contribution in [1.29, 1.82) is 0 Å². The maximum atomic E-state index is 13.0. The van der Waals surface area contributed by atoms with Gasteiger partial charge < -0.3 is 19.5 Å². The molecule has 0 bridgehead atoms. The number of pyridine rings is 1. The Kier molecular flexibility index (Phi) is 9.23. The summed E-state index contributed by atoms with van der Waals surface area (Å²) < 4.78 is 10.8. The molecule has 1 aliphatic rings. The molecule has 0 aliphatic carbocycles. The Bertz CT molecular complexity index is 970. The first kappa shape index (κ1) is 24.6. The summed E-state index contributed by atoms with van der Waals surface area (Å²) in [6.07, 6.45) is 2.37. The molecule has 1 fully saturated rings. The van der Waals surface area contributed by atoms with Crippen molar-refractivity contribution in [1.82, 2.24) is 25.3 Å². The SMILES string of the molecule is COc1ccccc1C1CNCCN1C(=O)CCc1nc(-c2ccccn2)no1.Cl.Cl. The number of rotatable bonds is 6. The first-order chi connectivity index (χ1) is 14.3. The van der Waals surface area contributed by atoms with E-state index in [9.17, 15) is 4.79 Å². The van der Waals surface area contributed by atoms with Gasteiger partial charge in [-0.25, -0.2) is 0 Å². The third-order valence-corrected chi connectivity index (χ3v) is 4.98. The zero-order chi connectivity index (χ0) is 20.1. The second-order valence-electron chi connectivity index (χ2n) is 6.78. The summed E-state index contributed by atoms with van der Waals surface area (Å²) in [6.45, 7) is 2.10. The maximum absolute atomic E-state index is 13.0. The zero-order valence-corrected chi connectivity index (χ0v) is 18.7. The summed E-state index contributed by atoms with van der Waals surface area (Å²) in [6, 6.07) is 13.3. The molecule has 2 aromatic heterocycles. The van der Waals surface area contributed by atoms with Crippen LogP contribution in [-0.2, 0) is 11.2 Å². The molecule has 1 N–H and O–H groups in total. The number of piperazine rings is 1. The molecule has 1 saturated heterocycles. The highest BCUT2D eigenvalue weighted by Gasteiger charge is 2.29. The van der Waals surface area contributed by atoms with Gasteiger partial charge in [0, 0.05) is 44.2 Å². The van der Waals surface area contributed by atoms with E-state index in [-0.39, 0.29) is 36.8 Å². The van der Waals surface area contributed by atoms with Crippen LogP contribution in [-0.4, -0.2) is 52.7 Å². The van der Waals surface area contributed by atoms with E-state index in [0.29, 0.717) is 43.3 Å². The molecule has 31 heavy (non-hydrogen) atoms. The van der Waals surface area contributed by atoms with Gasteiger partial charge >= 0.3 is 0 Å². The van der Waals surface area contributed by atoms with Gasteiger partial charge in [0.1, 0.15) is 11.4 Å². The van der Waals surface area contributed by atoms with Crippen molar-refractivity contribution >= 4 is 30.7 Å². The van der Waals surface area contributed by atoms with E-state index >= 15 is 0 Å². The molecule has 0 saturated carbocycles.